The Kier molecular flexibility index (Phi) is 8.97. The highest BCUT2D eigenvalue weighted by atomic mass is 15.3. The summed E-state index contributed by atoms with van der Waals surface area (Å²) in [5.41, 5.74) is 3.76. The van der Waals surface area contributed by atoms with E-state index in [0.717, 1.165) is 24.3 Å². The first kappa shape index (κ1) is 18.0. The van der Waals surface area contributed by atoms with Crippen LogP contribution < -0.4 is 10.8 Å². The second-order valence-corrected chi connectivity index (χ2v) is 5.97. The lowest BCUT2D eigenvalue weighted by Gasteiger charge is -2.49. The van der Waals surface area contributed by atoms with Crippen molar-refractivity contribution in [3.63, 3.8) is 0 Å². The normalized spacial score (nSPS) is 20.1. The van der Waals surface area contributed by atoms with Gasteiger partial charge in [-0.25, -0.2) is 0 Å². The van der Waals surface area contributed by atoms with E-state index in [2.05, 4.69) is 52.3 Å². The zero-order valence-corrected chi connectivity index (χ0v) is 13.8. The number of rotatable bonds is 10. The van der Waals surface area contributed by atoms with Crippen molar-refractivity contribution in [1.82, 2.24) is 10.8 Å². The quantitative estimate of drug-likeness (QED) is 0.355. The summed E-state index contributed by atoms with van der Waals surface area (Å²) in [6.45, 7) is 15.5. The Bertz CT molecular complexity index is 182. The molecule has 0 heterocycles. The molecule has 108 valence electrons. The molecule has 0 rings (SSSR count). The maximum absolute atomic E-state index is 3.29. The molecule has 18 heavy (non-hydrogen) atoms. The fraction of sp³-hybridized carbons (Fsp3) is 1.00. The third-order valence-corrected chi connectivity index (χ3v) is 5.45. The highest BCUT2D eigenvalue weighted by Crippen LogP contribution is 2.49. The van der Waals surface area contributed by atoms with E-state index in [9.17, 15) is 0 Å². The molecule has 0 spiro atoms. The molecule has 0 fully saturated rings. The van der Waals surface area contributed by atoms with Gasteiger partial charge in [-0.2, -0.15) is 0 Å². The fourth-order valence-electron chi connectivity index (χ4n) is 3.74. The third kappa shape index (κ3) is 3.99. The van der Waals surface area contributed by atoms with E-state index < -0.39 is 0 Å². The lowest BCUT2D eigenvalue weighted by atomic mass is 9.57. The van der Waals surface area contributed by atoms with E-state index in [-0.39, 0.29) is 0 Å². The summed E-state index contributed by atoms with van der Waals surface area (Å²) in [5, 5.41) is 3.06. The molecular weight excluding hydrogens is 219 g/mol. The first-order chi connectivity index (χ1) is 8.50. The van der Waals surface area contributed by atoms with Crippen molar-refractivity contribution in [2.45, 2.75) is 67.2 Å². The van der Waals surface area contributed by atoms with Crippen molar-refractivity contribution in [3.8, 4) is 0 Å². The van der Waals surface area contributed by atoms with Crippen LogP contribution >= 0.6 is 0 Å². The molecular formula is C15H35BN2. The zero-order chi connectivity index (χ0) is 14.2. The lowest BCUT2D eigenvalue weighted by Crippen LogP contribution is -2.44. The van der Waals surface area contributed by atoms with Crippen molar-refractivity contribution in [3.05, 3.63) is 0 Å². The highest BCUT2D eigenvalue weighted by Gasteiger charge is 2.42. The van der Waals surface area contributed by atoms with E-state index in [1.807, 2.05) is 7.98 Å². The molecule has 0 aromatic rings. The third-order valence-electron chi connectivity index (χ3n) is 5.45. The molecule has 2 N–H and O–H groups in total. The second kappa shape index (κ2) is 8.98. The van der Waals surface area contributed by atoms with Crippen molar-refractivity contribution in [2.75, 3.05) is 6.54 Å². The van der Waals surface area contributed by atoms with Gasteiger partial charge in [-0.15, -0.1) is 0 Å². The van der Waals surface area contributed by atoms with Crippen LogP contribution in [0, 0.1) is 23.2 Å². The molecule has 0 aliphatic carbocycles. The van der Waals surface area contributed by atoms with Gasteiger partial charge in [-0.3, -0.25) is 5.43 Å². The summed E-state index contributed by atoms with van der Waals surface area (Å²) < 4.78 is 0. The van der Waals surface area contributed by atoms with Crippen molar-refractivity contribution < 1.29 is 0 Å². The first-order valence-corrected chi connectivity index (χ1v) is 7.90. The van der Waals surface area contributed by atoms with Crippen LogP contribution in [-0.4, -0.2) is 14.5 Å². The molecule has 3 heteroatoms. The summed E-state index contributed by atoms with van der Waals surface area (Å²) in [4.78, 5) is 0. The monoisotopic (exact) mass is 254 g/mol. The minimum absolute atomic E-state index is 0.474. The summed E-state index contributed by atoms with van der Waals surface area (Å²) >= 11 is 0. The standard InChI is InChI=1S/C15H35BN2/c1-7-12(4)15(13(5)8-2,14(6)9-3)10-11-17-18-16/h12-14,17-18H,7-11,16H2,1-6H3. The summed E-state index contributed by atoms with van der Waals surface area (Å²) in [6, 6.07) is 0. The Morgan fingerprint density at radius 2 is 1.28 bits per heavy atom. The predicted molar refractivity (Wildman–Crippen MR) is 85.1 cm³/mol. The largest absolute Gasteiger partial charge is 0.305 e. The Labute approximate surface area is 116 Å². The van der Waals surface area contributed by atoms with E-state index in [1.54, 1.807) is 0 Å². The number of hydrogen-bond acceptors (Lipinski definition) is 2. The van der Waals surface area contributed by atoms with Gasteiger partial charge < -0.3 is 5.34 Å². The maximum atomic E-state index is 3.29. The van der Waals surface area contributed by atoms with Crippen LogP contribution in [0.2, 0.25) is 0 Å². The first-order valence-electron chi connectivity index (χ1n) is 7.90. The molecule has 0 amide bonds. The second-order valence-electron chi connectivity index (χ2n) is 5.97. The van der Waals surface area contributed by atoms with Crippen molar-refractivity contribution in [2.24, 2.45) is 23.2 Å². The minimum Gasteiger partial charge on any atom is -0.305 e. The molecule has 0 aromatic carbocycles. The predicted octanol–water partition coefficient (Wildman–Crippen LogP) is 3.14. The van der Waals surface area contributed by atoms with Gasteiger partial charge in [0, 0.05) is 6.54 Å². The molecule has 0 aliphatic rings. The van der Waals surface area contributed by atoms with E-state index in [0.29, 0.717) is 5.41 Å². The molecule has 0 bridgehead atoms. The average molecular weight is 254 g/mol. The lowest BCUT2D eigenvalue weighted by molar-refractivity contribution is 0.00700. The van der Waals surface area contributed by atoms with Gasteiger partial charge in [0.05, 0.1) is 0 Å². The average Bonchev–Trinajstić information content (AvgIpc) is 2.41. The topological polar surface area (TPSA) is 24.1 Å². The summed E-state index contributed by atoms with van der Waals surface area (Å²) in [5.74, 6) is 2.38. The molecule has 2 nitrogen and oxygen atoms in total. The van der Waals surface area contributed by atoms with Gasteiger partial charge in [0.15, 0.2) is 0 Å². The fourth-order valence-corrected chi connectivity index (χ4v) is 3.74. The van der Waals surface area contributed by atoms with Crippen LogP contribution in [0.25, 0.3) is 0 Å². The highest BCUT2D eigenvalue weighted by molar-refractivity contribution is 6.03. The van der Waals surface area contributed by atoms with Gasteiger partial charge in [-0.1, -0.05) is 60.8 Å². The Morgan fingerprint density at radius 1 is 0.889 bits per heavy atom. The molecule has 0 saturated carbocycles. The minimum atomic E-state index is 0.474. The van der Waals surface area contributed by atoms with Crippen LogP contribution in [0.1, 0.15) is 67.2 Å². The van der Waals surface area contributed by atoms with Gasteiger partial charge in [0.2, 0.25) is 7.98 Å². The molecule has 0 saturated heterocycles. The van der Waals surface area contributed by atoms with Gasteiger partial charge in [0.1, 0.15) is 0 Å². The molecule has 0 radical (unpaired) electrons. The van der Waals surface area contributed by atoms with Gasteiger partial charge >= 0.3 is 0 Å². The molecule has 3 atom stereocenters. The van der Waals surface area contributed by atoms with Gasteiger partial charge in [-0.05, 0) is 29.6 Å². The van der Waals surface area contributed by atoms with Crippen LogP contribution in [0.15, 0.2) is 0 Å². The Balaban J connectivity index is 5.12. The van der Waals surface area contributed by atoms with E-state index >= 15 is 0 Å². The molecule has 0 aromatic heterocycles. The van der Waals surface area contributed by atoms with Crippen LogP contribution in [0.4, 0.5) is 0 Å². The SMILES string of the molecule is BNNCCC(C(C)CC)(C(C)CC)C(C)CC. The number of nitrogens with one attached hydrogen (secondary N) is 2. The van der Waals surface area contributed by atoms with E-state index in [1.165, 1.54) is 25.7 Å². The molecule has 0 aliphatic heterocycles. The van der Waals surface area contributed by atoms with E-state index in [4.69, 9.17) is 0 Å². The maximum Gasteiger partial charge on any atom is 0.201 e. The zero-order valence-electron chi connectivity index (χ0n) is 13.8. The van der Waals surface area contributed by atoms with Crippen molar-refractivity contribution >= 4 is 7.98 Å². The summed E-state index contributed by atoms with van der Waals surface area (Å²) in [6.07, 6.45) is 5.13. The van der Waals surface area contributed by atoms with Gasteiger partial charge in [0.25, 0.3) is 0 Å². The Hall–Kier alpha value is -0.0151. The smallest absolute Gasteiger partial charge is 0.201 e. The van der Waals surface area contributed by atoms with Crippen molar-refractivity contribution in [1.29, 1.82) is 0 Å². The van der Waals surface area contributed by atoms with Crippen LogP contribution in [0.5, 0.6) is 0 Å². The Morgan fingerprint density at radius 3 is 1.56 bits per heavy atom. The van der Waals surface area contributed by atoms with Crippen LogP contribution in [0.3, 0.4) is 0 Å². The number of hydrogen-bond donors (Lipinski definition) is 2. The van der Waals surface area contributed by atoms with Crippen LogP contribution in [-0.2, 0) is 0 Å². The molecule has 3 unspecified atom stereocenters. The number of hydrazine groups is 1. The summed E-state index contributed by atoms with van der Waals surface area (Å²) in [7, 11) is 1.96.